The Labute approximate surface area is 249 Å². The van der Waals surface area contributed by atoms with E-state index in [1.54, 1.807) is 0 Å². The van der Waals surface area contributed by atoms with Crippen LogP contribution >= 0.6 is 0 Å². The largest absolute Gasteiger partial charge is 0.394 e. The molecular weight excluding hydrogens is 494 g/mol. The van der Waals surface area contributed by atoms with Gasteiger partial charge in [-0.05, 0) is 44.9 Å². The van der Waals surface area contributed by atoms with Crippen LogP contribution in [0.1, 0.15) is 168 Å². The molecule has 0 heterocycles. The van der Waals surface area contributed by atoms with Crippen LogP contribution in [-0.2, 0) is 4.79 Å². The molecule has 0 aliphatic heterocycles. The minimum atomic E-state index is -0.664. The Morgan fingerprint density at radius 2 is 1.10 bits per heavy atom. The molecule has 2 atom stereocenters. The van der Waals surface area contributed by atoms with Crippen LogP contribution in [0.5, 0.6) is 0 Å². The van der Waals surface area contributed by atoms with Gasteiger partial charge in [0.25, 0.3) is 0 Å². The van der Waals surface area contributed by atoms with Crippen LogP contribution in [0.25, 0.3) is 0 Å². The molecular formula is C36H67NO3. The Morgan fingerprint density at radius 1 is 0.625 bits per heavy atom. The molecule has 4 nitrogen and oxygen atoms in total. The monoisotopic (exact) mass is 562 g/mol. The van der Waals surface area contributed by atoms with Crippen molar-refractivity contribution in [3.63, 3.8) is 0 Å². The summed E-state index contributed by atoms with van der Waals surface area (Å²) in [5.74, 6) is -0.0513. The zero-order valence-electron chi connectivity index (χ0n) is 26.6. The normalized spacial score (nSPS) is 13.6. The van der Waals surface area contributed by atoms with Crippen LogP contribution < -0.4 is 5.32 Å². The van der Waals surface area contributed by atoms with Crippen LogP contribution in [0, 0.1) is 0 Å². The van der Waals surface area contributed by atoms with E-state index in [2.05, 4.69) is 55.6 Å². The molecule has 40 heavy (non-hydrogen) atoms. The number of carbonyl (C=O) groups excluding carboxylic acids is 1. The van der Waals surface area contributed by atoms with Crippen LogP contribution in [0.3, 0.4) is 0 Å². The van der Waals surface area contributed by atoms with Crippen molar-refractivity contribution in [1.29, 1.82) is 0 Å². The molecule has 0 saturated heterocycles. The second-order valence-corrected chi connectivity index (χ2v) is 11.6. The molecule has 1 amide bonds. The first-order chi connectivity index (χ1) is 19.7. The molecule has 234 valence electrons. The van der Waals surface area contributed by atoms with Crippen LogP contribution in [0.15, 0.2) is 36.5 Å². The lowest BCUT2D eigenvalue weighted by molar-refractivity contribution is -0.123. The molecule has 0 aromatic heterocycles. The van der Waals surface area contributed by atoms with Gasteiger partial charge in [-0.1, -0.05) is 153 Å². The summed E-state index contributed by atoms with van der Waals surface area (Å²) in [4.78, 5) is 12.3. The van der Waals surface area contributed by atoms with E-state index in [1.807, 2.05) is 0 Å². The maximum Gasteiger partial charge on any atom is 0.220 e. The zero-order chi connectivity index (χ0) is 29.4. The number of nitrogens with one attached hydrogen (secondary N) is 1. The quantitative estimate of drug-likeness (QED) is 0.0603. The second-order valence-electron chi connectivity index (χ2n) is 11.6. The highest BCUT2D eigenvalue weighted by atomic mass is 16.3. The lowest BCUT2D eigenvalue weighted by atomic mass is 10.0. The fraction of sp³-hybridized carbons (Fsp3) is 0.806. The Morgan fingerprint density at radius 3 is 1.65 bits per heavy atom. The van der Waals surface area contributed by atoms with Gasteiger partial charge in [0, 0.05) is 6.42 Å². The summed E-state index contributed by atoms with van der Waals surface area (Å²) < 4.78 is 0. The van der Waals surface area contributed by atoms with Crippen LogP contribution in [0.4, 0.5) is 0 Å². The minimum absolute atomic E-state index is 0.0513. The minimum Gasteiger partial charge on any atom is -0.394 e. The number of carbonyl (C=O) groups is 1. The van der Waals surface area contributed by atoms with Crippen molar-refractivity contribution in [2.24, 2.45) is 0 Å². The molecule has 0 rings (SSSR count). The SMILES string of the molecule is CC/C=C\C/C=C\C/C=C\CCCCCCCC(=O)N[C@@H](CO)[C@H](O)CCCCCCCCCCCCCCC. The second kappa shape index (κ2) is 32.1. The molecule has 0 aliphatic carbocycles. The molecule has 3 N–H and O–H groups in total. The summed E-state index contributed by atoms with van der Waals surface area (Å²) in [6.07, 6.45) is 40.4. The number of allylic oxidation sites excluding steroid dienone is 6. The van der Waals surface area contributed by atoms with Gasteiger partial charge in [-0.25, -0.2) is 0 Å². The lowest BCUT2D eigenvalue weighted by Gasteiger charge is -2.22. The van der Waals surface area contributed by atoms with E-state index in [9.17, 15) is 15.0 Å². The molecule has 0 fully saturated rings. The molecule has 0 aromatic rings. The van der Waals surface area contributed by atoms with Crippen molar-refractivity contribution in [1.82, 2.24) is 5.32 Å². The van der Waals surface area contributed by atoms with Gasteiger partial charge in [0.15, 0.2) is 0 Å². The predicted octanol–water partition coefficient (Wildman–Crippen LogP) is 9.90. The molecule has 0 spiro atoms. The Kier molecular flexibility index (Phi) is 31.0. The molecule has 0 radical (unpaired) electrons. The van der Waals surface area contributed by atoms with E-state index < -0.39 is 12.1 Å². The van der Waals surface area contributed by atoms with E-state index >= 15 is 0 Å². The topological polar surface area (TPSA) is 69.6 Å². The molecule has 4 heteroatoms. The summed E-state index contributed by atoms with van der Waals surface area (Å²) in [7, 11) is 0. The van der Waals surface area contributed by atoms with Gasteiger partial charge in [0.1, 0.15) is 0 Å². The fourth-order valence-electron chi connectivity index (χ4n) is 5.02. The standard InChI is InChI=1S/C36H67NO3/c1-3-5-7-9-11-13-15-17-18-20-22-24-26-28-30-32-36(40)37-34(33-38)35(39)31-29-27-25-23-21-19-16-14-12-10-8-6-4-2/h5,7,11,13,17-18,34-35,38-39H,3-4,6,8-10,12,14-16,19-33H2,1-2H3,(H,37,40)/b7-5-,13-11-,18-17-/t34-,35+/m0/s1. The van der Waals surface area contributed by atoms with Gasteiger partial charge in [-0.15, -0.1) is 0 Å². The molecule has 0 aromatic carbocycles. The summed E-state index contributed by atoms with van der Waals surface area (Å²) in [6.45, 7) is 4.22. The number of aliphatic hydroxyl groups is 2. The van der Waals surface area contributed by atoms with Crippen LogP contribution in [0.2, 0.25) is 0 Å². The molecule has 0 bridgehead atoms. The van der Waals surface area contributed by atoms with Crippen molar-refractivity contribution >= 4 is 5.91 Å². The molecule has 0 saturated carbocycles. The third-order valence-corrected chi connectivity index (χ3v) is 7.67. The molecule has 0 aliphatic rings. The number of rotatable bonds is 30. The number of unbranched alkanes of at least 4 members (excludes halogenated alkanes) is 17. The van der Waals surface area contributed by atoms with Gasteiger partial charge >= 0.3 is 0 Å². The highest BCUT2D eigenvalue weighted by Gasteiger charge is 2.19. The van der Waals surface area contributed by atoms with E-state index in [0.29, 0.717) is 12.8 Å². The number of aliphatic hydroxyl groups excluding tert-OH is 2. The zero-order valence-corrected chi connectivity index (χ0v) is 26.6. The van der Waals surface area contributed by atoms with Crippen LogP contribution in [-0.4, -0.2) is 34.9 Å². The summed E-state index contributed by atoms with van der Waals surface area (Å²) in [5, 5.41) is 23.0. The highest BCUT2D eigenvalue weighted by Crippen LogP contribution is 2.14. The van der Waals surface area contributed by atoms with Crippen molar-refractivity contribution in [2.45, 2.75) is 180 Å². The Hall–Kier alpha value is -1.39. The fourth-order valence-corrected chi connectivity index (χ4v) is 5.02. The van der Waals surface area contributed by atoms with Gasteiger partial charge in [0.2, 0.25) is 5.91 Å². The third kappa shape index (κ3) is 28.1. The van der Waals surface area contributed by atoms with E-state index in [1.165, 1.54) is 83.5 Å². The van der Waals surface area contributed by atoms with Gasteiger partial charge in [0.05, 0.1) is 18.8 Å². The maximum absolute atomic E-state index is 12.3. The van der Waals surface area contributed by atoms with Gasteiger partial charge in [-0.2, -0.15) is 0 Å². The maximum atomic E-state index is 12.3. The summed E-state index contributed by atoms with van der Waals surface area (Å²) >= 11 is 0. The van der Waals surface area contributed by atoms with Gasteiger partial charge in [-0.3, -0.25) is 4.79 Å². The van der Waals surface area contributed by atoms with Gasteiger partial charge < -0.3 is 15.5 Å². The summed E-state index contributed by atoms with van der Waals surface area (Å²) in [5.41, 5.74) is 0. The number of amides is 1. The first kappa shape index (κ1) is 38.6. The summed E-state index contributed by atoms with van der Waals surface area (Å²) in [6, 6.07) is -0.542. The van der Waals surface area contributed by atoms with Crippen molar-refractivity contribution < 1.29 is 15.0 Å². The van der Waals surface area contributed by atoms with Crippen molar-refractivity contribution in [3.05, 3.63) is 36.5 Å². The number of hydrogen-bond donors (Lipinski definition) is 3. The Bertz CT molecular complexity index is 613. The first-order valence-electron chi connectivity index (χ1n) is 17.2. The lowest BCUT2D eigenvalue weighted by Crippen LogP contribution is -2.45. The number of hydrogen-bond acceptors (Lipinski definition) is 3. The van der Waals surface area contributed by atoms with Crippen molar-refractivity contribution in [2.75, 3.05) is 6.61 Å². The van der Waals surface area contributed by atoms with Crippen molar-refractivity contribution in [3.8, 4) is 0 Å². The smallest absolute Gasteiger partial charge is 0.220 e. The average molecular weight is 562 g/mol. The van der Waals surface area contributed by atoms with E-state index in [0.717, 1.165) is 57.8 Å². The highest BCUT2D eigenvalue weighted by molar-refractivity contribution is 5.76. The third-order valence-electron chi connectivity index (χ3n) is 7.67. The average Bonchev–Trinajstić information content (AvgIpc) is 2.96. The Balaban J connectivity index is 3.63. The first-order valence-corrected chi connectivity index (χ1v) is 17.2. The van der Waals surface area contributed by atoms with E-state index in [-0.39, 0.29) is 12.5 Å². The predicted molar refractivity (Wildman–Crippen MR) is 175 cm³/mol. The molecule has 0 unspecified atom stereocenters. The van der Waals surface area contributed by atoms with E-state index in [4.69, 9.17) is 0 Å².